The molecule has 1 aromatic carbocycles. The summed E-state index contributed by atoms with van der Waals surface area (Å²) in [6.07, 6.45) is 2.10. The van der Waals surface area contributed by atoms with Crippen LogP contribution in [-0.2, 0) is 0 Å². The van der Waals surface area contributed by atoms with E-state index >= 15 is 0 Å². The summed E-state index contributed by atoms with van der Waals surface area (Å²) < 4.78 is 10.6. The zero-order valence-corrected chi connectivity index (χ0v) is 14.3. The number of pyridine rings is 1. The lowest BCUT2D eigenvalue weighted by Crippen LogP contribution is -2.27. The van der Waals surface area contributed by atoms with Gasteiger partial charge in [0.15, 0.2) is 0 Å². The predicted octanol–water partition coefficient (Wildman–Crippen LogP) is 3.44. The molecule has 1 amide bonds. The van der Waals surface area contributed by atoms with Crippen molar-refractivity contribution in [2.24, 2.45) is 0 Å². The fourth-order valence-corrected chi connectivity index (χ4v) is 3.26. The first-order valence-electron chi connectivity index (χ1n) is 8.38. The average molecular weight is 337 g/mol. The minimum Gasteiger partial charge on any atom is -0.497 e. The number of fused-ring (bicyclic) bond motifs is 1. The second-order valence-corrected chi connectivity index (χ2v) is 6.23. The first-order chi connectivity index (χ1) is 12.2. The summed E-state index contributed by atoms with van der Waals surface area (Å²) in [5.41, 5.74) is 3.28. The molecule has 128 valence electrons. The van der Waals surface area contributed by atoms with Crippen molar-refractivity contribution in [3.8, 4) is 17.0 Å². The molecule has 1 saturated heterocycles. The van der Waals surface area contributed by atoms with E-state index in [0.29, 0.717) is 28.1 Å². The van der Waals surface area contributed by atoms with Crippen molar-refractivity contribution >= 4 is 17.0 Å². The van der Waals surface area contributed by atoms with E-state index in [4.69, 9.17) is 9.26 Å². The van der Waals surface area contributed by atoms with Gasteiger partial charge in [-0.2, -0.15) is 0 Å². The molecule has 4 rings (SSSR count). The van der Waals surface area contributed by atoms with Crippen molar-refractivity contribution in [3.63, 3.8) is 0 Å². The third kappa shape index (κ3) is 2.73. The van der Waals surface area contributed by atoms with Gasteiger partial charge < -0.3 is 14.2 Å². The Bertz CT molecular complexity index is 925. The van der Waals surface area contributed by atoms with Gasteiger partial charge in [-0.25, -0.2) is 4.98 Å². The number of hydrogen-bond donors (Lipinski definition) is 0. The lowest BCUT2D eigenvalue weighted by molar-refractivity contribution is 0.0794. The number of aromatic nitrogens is 2. The van der Waals surface area contributed by atoms with E-state index in [0.717, 1.165) is 37.2 Å². The molecule has 0 atom stereocenters. The molecule has 0 unspecified atom stereocenters. The standard InChI is InChI=1S/C19H19N3O3/c1-12-17-15(19(23)22-9-3-4-10-22)11-16(20-18(17)25-21-12)13-5-7-14(24-2)8-6-13/h5-8,11H,3-4,9-10H2,1-2H3. The van der Waals surface area contributed by atoms with Crippen LogP contribution in [0.3, 0.4) is 0 Å². The Balaban J connectivity index is 1.84. The van der Waals surface area contributed by atoms with Crippen molar-refractivity contribution in [1.82, 2.24) is 15.0 Å². The smallest absolute Gasteiger partial charge is 0.259 e. The van der Waals surface area contributed by atoms with Crippen LogP contribution in [0.2, 0.25) is 0 Å². The number of ether oxygens (including phenoxy) is 1. The molecule has 6 heteroatoms. The number of likely N-dealkylation sites (tertiary alicyclic amines) is 1. The van der Waals surface area contributed by atoms with Gasteiger partial charge in [-0.3, -0.25) is 4.79 Å². The van der Waals surface area contributed by atoms with E-state index < -0.39 is 0 Å². The predicted molar refractivity (Wildman–Crippen MR) is 93.7 cm³/mol. The van der Waals surface area contributed by atoms with Crippen LogP contribution in [0.25, 0.3) is 22.4 Å². The number of nitrogens with zero attached hydrogens (tertiary/aromatic N) is 3. The highest BCUT2D eigenvalue weighted by Gasteiger charge is 2.25. The minimum absolute atomic E-state index is 0.0194. The van der Waals surface area contributed by atoms with Gasteiger partial charge in [0.1, 0.15) is 5.75 Å². The molecule has 2 aromatic heterocycles. The highest BCUT2D eigenvalue weighted by molar-refractivity contribution is 6.07. The van der Waals surface area contributed by atoms with E-state index in [-0.39, 0.29) is 5.91 Å². The van der Waals surface area contributed by atoms with E-state index in [2.05, 4.69) is 10.1 Å². The summed E-state index contributed by atoms with van der Waals surface area (Å²) in [6, 6.07) is 9.42. The van der Waals surface area contributed by atoms with Crippen LogP contribution in [0.4, 0.5) is 0 Å². The molecule has 0 N–H and O–H groups in total. The van der Waals surface area contributed by atoms with Gasteiger partial charge in [0, 0.05) is 18.7 Å². The molecular formula is C19H19N3O3. The second kappa shape index (κ2) is 6.20. The van der Waals surface area contributed by atoms with Gasteiger partial charge in [0.25, 0.3) is 11.6 Å². The molecule has 0 saturated carbocycles. The zero-order chi connectivity index (χ0) is 17.4. The molecule has 1 fully saturated rings. The van der Waals surface area contributed by atoms with Crippen LogP contribution in [-0.4, -0.2) is 41.1 Å². The number of rotatable bonds is 3. The lowest BCUT2D eigenvalue weighted by atomic mass is 10.0. The Kier molecular flexibility index (Phi) is 3.87. The largest absolute Gasteiger partial charge is 0.497 e. The van der Waals surface area contributed by atoms with Gasteiger partial charge in [-0.15, -0.1) is 0 Å². The Morgan fingerprint density at radius 2 is 1.92 bits per heavy atom. The number of aryl methyl sites for hydroxylation is 1. The van der Waals surface area contributed by atoms with Crippen LogP contribution in [0.5, 0.6) is 5.75 Å². The molecule has 3 heterocycles. The van der Waals surface area contributed by atoms with Crippen LogP contribution in [0.15, 0.2) is 34.9 Å². The summed E-state index contributed by atoms with van der Waals surface area (Å²) in [5, 5.41) is 4.70. The zero-order valence-electron chi connectivity index (χ0n) is 14.3. The fourth-order valence-electron chi connectivity index (χ4n) is 3.26. The SMILES string of the molecule is COc1ccc(-c2cc(C(=O)N3CCCC3)c3c(C)noc3n2)cc1. The first kappa shape index (κ1) is 15.6. The van der Waals surface area contributed by atoms with Crippen LogP contribution >= 0.6 is 0 Å². The summed E-state index contributed by atoms with van der Waals surface area (Å²) >= 11 is 0. The van der Waals surface area contributed by atoms with E-state index in [1.54, 1.807) is 7.11 Å². The fraction of sp³-hybridized carbons (Fsp3) is 0.316. The Morgan fingerprint density at radius 3 is 2.60 bits per heavy atom. The maximum atomic E-state index is 13.0. The molecular weight excluding hydrogens is 318 g/mol. The highest BCUT2D eigenvalue weighted by Crippen LogP contribution is 2.29. The quantitative estimate of drug-likeness (QED) is 0.732. The van der Waals surface area contributed by atoms with E-state index in [1.165, 1.54) is 0 Å². The molecule has 0 bridgehead atoms. The average Bonchev–Trinajstić information content (AvgIpc) is 3.31. The Hall–Kier alpha value is -2.89. The Morgan fingerprint density at radius 1 is 1.20 bits per heavy atom. The molecule has 0 spiro atoms. The normalized spacial score (nSPS) is 14.2. The number of methoxy groups -OCH3 is 1. The second-order valence-electron chi connectivity index (χ2n) is 6.23. The van der Waals surface area contributed by atoms with Gasteiger partial charge in [0.05, 0.1) is 29.4 Å². The number of carbonyl (C=O) groups is 1. The molecule has 3 aromatic rings. The third-order valence-corrected chi connectivity index (χ3v) is 4.63. The van der Waals surface area contributed by atoms with Crippen molar-refractivity contribution in [2.45, 2.75) is 19.8 Å². The molecule has 0 aliphatic carbocycles. The maximum absolute atomic E-state index is 13.0. The van der Waals surface area contributed by atoms with Gasteiger partial charge in [-0.05, 0) is 50.1 Å². The van der Waals surface area contributed by atoms with Crippen LogP contribution in [0.1, 0.15) is 28.9 Å². The first-order valence-corrected chi connectivity index (χ1v) is 8.38. The van der Waals surface area contributed by atoms with Gasteiger partial charge in [0.2, 0.25) is 0 Å². The Labute approximate surface area is 145 Å². The van der Waals surface area contributed by atoms with Crippen LogP contribution in [0, 0.1) is 6.92 Å². The highest BCUT2D eigenvalue weighted by atomic mass is 16.5. The summed E-state index contributed by atoms with van der Waals surface area (Å²) in [6.45, 7) is 3.43. The molecule has 25 heavy (non-hydrogen) atoms. The molecule has 1 aliphatic heterocycles. The summed E-state index contributed by atoms with van der Waals surface area (Å²) in [4.78, 5) is 19.4. The van der Waals surface area contributed by atoms with Crippen molar-refractivity contribution < 1.29 is 14.1 Å². The van der Waals surface area contributed by atoms with E-state index in [1.807, 2.05) is 42.2 Å². The summed E-state index contributed by atoms with van der Waals surface area (Å²) in [5.74, 6) is 0.791. The number of carbonyl (C=O) groups excluding carboxylic acids is 1. The molecule has 0 radical (unpaired) electrons. The lowest BCUT2D eigenvalue weighted by Gasteiger charge is -2.16. The van der Waals surface area contributed by atoms with Gasteiger partial charge in [-0.1, -0.05) is 5.16 Å². The van der Waals surface area contributed by atoms with Gasteiger partial charge >= 0.3 is 0 Å². The topological polar surface area (TPSA) is 68.5 Å². The maximum Gasteiger partial charge on any atom is 0.259 e. The molecule has 6 nitrogen and oxygen atoms in total. The van der Waals surface area contributed by atoms with E-state index in [9.17, 15) is 4.79 Å². The third-order valence-electron chi connectivity index (χ3n) is 4.63. The minimum atomic E-state index is 0.0194. The number of hydrogen-bond acceptors (Lipinski definition) is 5. The molecule has 1 aliphatic rings. The number of amides is 1. The van der Waals surface area contributed by atoms with Crippen molar-refractivity contribution in [1.29, 1.82) is 0 Å². The monoisotopic (exact) mass is 337 g/mol. The van der Waals surface area contributed by atoms with Crippen molar-refractivity contribution in [2.75, 3.05) is 20.2 Å². The summed E-state index contributed by atoms with van der Waals surface area (Å²) in [7, 11) is 1.63. The van der Waals surface area contributed by atoms with Crippen LogP contribution < -0.4 is 4.74 Å². The number of benzene rings is 1. The van der Waals surface area contributed by atoms with Crippen molar-refractivity contribution in [3.05, 3.63) is 41.6 Å².